The fourth-order valence-corrected chi connectivity index (χ4v) is 3.33. The largest absolute Gasteiger partial charge is 0.392 e. The van der Waals surface area contributed by atoms with Crippen LogP contribution in [0.4, 0.5) is 0 Å². The fraction of sp³-hybridized carbons (Fsp3) is 1.00. The summed E-state index contributed by atoms with van der Waals surface area (Å²) in [5.41, 5.74) is 0. The number of aliphatic hydroxyl groups excluding tert-OH is 1. The quantitative estimate of drug-likeness (QED) is 0.759. The lowest BCUT2D eigenvalue weighted by molar-refractivity contribution is 0.0538. The van der Waals surface area contributed by atoms with Crippen LogP contribution in [-0.4, -0.2) is 48.8 Å². The van der Waals surface area contributed by atoms with E-state index in [1.54, 1.807) is 0 Å². The molecular weight excluding hydrogens is 200 g/mol. The Labute approximate surface area is 99.2 Å². The van der Waals surface area contributed by atoms with Crippen LogP contribution in [0.15, 0.2) is 0 Å². The Morgan fingerprint density at radius 1 is 1.19 bits per heavy atom. The molecule has 3 unspecified atom stereocenters. The van der Waals surface area contributed by atoms with Crippen molar-refractivity contribution in [1.29, 1.82) is 0 Å². The lowest BCUT2D eigenvalue weighted by atomic mass is 9.84. The van der Waals surface area contributed by atoms with Crippen LogP contribution in [0.1, 0.15) is 38.5 Å². The topological polar surface area (TPSA) is 35.5 Å². The Balaban J connectivity index is 1.82. The maximum Gasteiger partial charge on any atom is 0.0667 e. The van der Waals surface area contributed by atoms with Gasteiger partial charge >= 0.3 is 0 Å². The van der Waals surface area contributed by atoms with E-state index in [1.807, 2.05) is 0 Å². The molecule has 0 aromatic heterocycles. The summed E-state index contributed by atoms with van der Waals surface area (Å²) in [6.07, 6.45) is 7.54. The smallest absolute Gasteiger partial charge is 0.0667 e. The molecule has 1 heterocycles. The number of aliphatic hydroxyl groups is 1. The standard InChI is InChI=1S/C13H26N2O/c1-14-13-7-3-2-5-11(13)9-15-8-4-6-12(16)10-15/h11-14,16H,2-10H2,1H3. The van der Waals surface area contributed by atoms with Gasteiger partial charge in [0, 0.05) is 19.1 Å². The number of nitrogens with zero attached hydrogens (tertiary/aromatic N) is 1. The minimum Gasteiger partial charge on any atom is -0.392 e. The van der Waals surface area contributed by atoms with Gasteiger partial charge in [-0.1, -0.05) is 12.8 Å². The van der Waals surface area contributed by atoms with Crippen molar-refractivity contribution in [3.8, 4) is 0 Å². The number of rotatable bonds is 3. The second-order valence-corrected chi connectivity index (χ2v) is 5.50. The molecule has 3 heteroatoms. The van der Waals surface area contributed by atoms with Crippen molar-refractivity contribution >= 4 is 0 Å². The Morgan fingerprint density at radius 2 is 2.00 bits per heavy atom. The minimum atomic E-state index is -0.0784. The molecule has 0 radical (unpaired) electrons. The molecule has 1 saturated carbocycles. The Kier molecular flexibility index (Phi) is 4.62. The van der Waals surface area contributed by atoms with Gasteiger partial charge in [-0.15, -0.1) is 0 Å². The van der Waals surface area contributed by atoms with Crippen LogP contribution >= 0.6 is 0 Å². The molecule has 0 bridgehead atoms. The zero-order valence-corrected chi connectivity index (χ0v) is 10.5. The third-order valence-corrected chi connectivity index (χ3v) is 4.25. The molecule has 1 aliphatic carbocycles. The molecule has 1 aliphatic heterocycles. The average Bonchev–Trinajstić information content (AvgIpc) is 2.30. The summed E-state index contributed by atoms with van der Waals surface area (Å²) in [6, 6.07) is 0.702. The van der Waals surface area contributed by atoms with Gasteiger partial charge in [-0.2, -0.15) is 0 Å². The highest BCUT2D eigenvalue weighted by molar-refractivity contribution is 4.84. The first-order chi connectivity index (χ1) is 7.79. The van der Waals surface area contributed by atoms with Crippen LogP contribution in [0.25, 0.3) is 0 Å². The number of piperidine rings is 1. The first kappa shape index (κ1) is 12.3. The van der Waals surface area contributed by atoms with Gasteiger partial charge in [-0.25, -0.2) is 0 Å². The number of likely N-dealkylation sites (tertiary alicyclic amines) is 1. The van der Waals surface area contributed by atoms with Crippen molar-refractivity contribution in [3.63, 3.8) is 0 Å². The molecule has 0 aromatic rings. The Hall–Kier alpha value is -0.120. The van der Waals surface area contributed by atoms with E-state index in [4.69, 9.17) is 0 Å². The van der Waals surface area contributed by atoms with Crippen LogP contribution < -0.4 is 5.32 Å². The summed E-state index contributed by atoms with van der Waals surface area (Å²) in [5, 5.41) is 13.1. The summed E-state index contributed by atoms with van der Waals surface area (Å²) in [5.74, 6) is 0.795. The number of nitrogens with one attached hydrogen (secondary N) is 1. The van der Waals surface area contributed by atoms with Gasteiger partial charge in [0.15, 0.2) is 0 Å². The molecule has 0 spiro atoms. The van der Waals surface area contributed by atoms with Gasteiger partial charge < -0.3 is 15.3 Å². The van der Waals surface area contributed by atoms with E-state index in [2.05, 4.69) is 17.3 Å². The molecule has 94 valence electrons. The van der Waals surface area contributed by atoms with Gasteiger partial charge in [0.2, 0.25) is 0 Å². The highest BCUT2D eigenvalue weighted by atomic mass is 16.3. The monoisotopic (exact) mass is 226 g/mol. The molecule has 0 aromatic carbocycles. The lowest BCUT2D eigenvalue weighted by Crippen LogP contribution is -2.46. The van der Waals surface area contributed by atoms with Gasteiger partial charge in [-0.05, 0) is 45.2 Å². The van der Waals surface area contributed by atoms with Crippen molar-refractivity contribution in [2.24, 2.45) is 5.92 Å². The molecule has 3 nitrogen and oxygen atoms in total. The van der Waals surface area contributed by atoms with E-state index in [0.717, 1.165) is 25.3 Å². The molecule has 2 fully saturated rings. The SMILES string of the molecule is CNC1CCCCC1CN1CCCC(O)C1. The van der Waals surface area contributed by atoms with E-state index < -0.39 is 0 Å². The molecule has 0 amide bonds. The number of β-amino-alcohol motifs (C(OH)–C–C–N with tert-alkyl or cyclic N) is 1. The van der Waals surface area contributed by atoms with Crippen molar-refractivity contribution < 1.29 is 5.11 Å². The minimum absolute atomic E-state index is 0.0784. The molecule has 3 atom stereocenters. The van der Waals surface area contributed by atoms with Gasteiger partial charge in [0.25, 0.3) is 0 Å². The molecule has 2 aliphatic rings. The van der Waals surface area contributed by atoms with Crippen LogP contribution in [0.3, 0.4) is 0 Å². The van der Waals surface area contributed by atoms with E-state index in [-0.39, 0.29) is 6.10 Å². The zero-order valence-electron chi connectivity index (χ0n) is 10.5. The summed E-state index contributed by atoms with van der Waals surface area (Å²) in [7, 11) is 2.09. The van der Waals surface area contributed by atoms with Crippen LogP contribution in [0, 0.1) is 5.92 Å². The first-order valence-electron chi connectivity index (χ1n) is 6.87. The molecule has 16 heavy (non-hydrogen) atoms. The molecule has 2 rings (SSSR count). The van der Waals surface area contributed by atoms with Crippen LogP contribution in [-0.2, 0) is 0 Å². The van der Waals surface area contributed by atoms with Crippen LogP contribution in [0.5, 0.6) is 0 Å². The van der Waals surface area contributed by atoms with Gasteiger partial charge in [-0.3, -0.25) is 0 Å². The number of hydrogen-bond acceptors (Lipinski definition) is 3. The summed E-state index contributed by atoms with van der Waals surface area (Å²) in [6.45, 7) is 3.26. The maximum atomic E-state index is 9.67. The van der Waals surface area contributed by atoms with E-state index in [9.17, 15) is 5.11 Å². The average molecular weight is 226 g/mol. The van der Waals surface area contributed by atoms with Gasteiger partial charge in [0.05, 0.1) is 6.10 Å². The van der Waals surface area contributed by atoms with Crippen LogP contribution in [0.2, 0.25) is 0 Å². The Bertz CT molecular complexity index is 210. The fourth-order valence-electron chi connectivity index (χ4n) is 3.33. The normalized spacial score (nSPS) is 37.5. The van der Waals surface area contributed by atoms with Crippen molar-refractivity contribution in [2.45, 2.75) is 50.7 Å². The third-order valence-electron chi connectivity index (χ3n) is 4.25. The third kappa shape index (κ3) is 3.19. The maximum absolute atomic E-state index is 9.67. The first-order valence-corrected chi connectivity index (χ1v) is 6.87. The van der Waals surface area contributed by atoms with E-state index in [0.29, 0.717) is 6.04 Å². The Morgan fingerprint density at radius 3 is 2.75 bits per heavy atom. The van der Waals surface area contributed by atoms with E-state index in [1.165, 1.54) is 38.8 Å². The predicted molar refractivity (Wildman–Crippen MR) is 66.5 cm³/mol. The lowest BCUT2D eigenvalue weighted by Gasteiger charge is -2.38. The van der Waals surface area contributed by atoms with Crippen molar-refractivity contribution in [2.75, 3.05) is 26.7 Å². The second-order valence-electron chi connectivity index (χ2n) is 5.50. The van der Waals surface area contributed by atoms with Crippen molar-refractivity contribution in [1.82, 2.24) is 10.2 Å². The highest BCUT2D eigenvalue weighted by Gasteiger charge is 2.27. The molecular formula is C13H26N2O. The summed E-state index contributed by atoms with van der Waals surface area (Å²) in [4.78, 5) is 2.47. The van der Waals surface area contributed by atoms with Crippen molar-refractivity contribution in [3.05, 3.63) is 0 Å². The second kappa shape index (κ2) is 5.99. The molecule has 2 N–H and O–H groups in total. The summed E-state index contributed by atoms with van der Waals surface area (Å²) >= 11 is 0. The molecule has 1 saturated heterocycles. The zero-order chi connectivity index (χ0) is 11.4. The van der Waals surface area contributed by atoms with E-state index >= 15 is 0 Å². The summed E-state index contributed by atoms with van der Waals surface area (Å²) < 4.78 is 0. The highest BCUT2D eigenvalue weighted by Crippen LogP contribution is 2.26. The number of hydrogen-bond donors (Lipinski definition) is 2. The predicted octanol–water partition coefficient (Wildman–Crippen LogP) is 1.22. The van der Waals surface area contributed by atoms with Gasteiger partial charge in [0.1, 0.15) is 0 Å².